The zero-order valence-electron chi connectivity index (χ0n) is 11.0. The highest BCUT2D eigenvalue weighted by Crippen LogP contribution is 2.21. The second-order valence-corrected chi connectivity index (χ2v) is 5.80. The number of rotatable bonds is 3. The molecule has 2 heterocycles. The topological polar surface area (TPSA) is 42.7 Å². The largest absolute Gasteiger partial charge is 0.311 e. The highest BCUT2D eigenvalue weighted by Gasteiger charge is 2.23. The normalized spacial score (nSPS) is 22.8. The molecule has 1 fully saturated rings. The van der Waals surface area contributed by atoms with E-state index >= 15 is 0 Å². The van der Waals surface area contributed by atoms with Crippen molar-refractivity contribution in [3.63, 3.8) is 0 Å². The lowest BCUT2D eigenvalue weighted by atomic mass is 10.1. The van der Waals surface area contributed by atoms with Crippen molar-refractivity contribution in [3.05, 3.63) is 36.0 Å². The van der Waals surface area contributed by atoms with Gasteiger partial charge in [0, 0.05) is 23.4 Å². The number of hydrogen-bond donors (Lipinski definition) is 2. The van der Waals surface area contributed by atoms with Crippen LogP contribution in [0.4, 0.5) is 0 Å². The highest BCUT2D eigenvalue weighted by atomic mass is 32.1. The minimum atomic E-state index is 0.450. The first-order valence-electron chi connectivity index (χ1n) is 6.61. The standard InChI is InChI=1S/C14H18N4S/c1-10-14(11-5-3-2-4-6-11)16-17-18(10)9-12-7-13(19)8-15-12/h2-6,12-13,15,19H,7-9H2,1H3/t12-,13+/m0/s1. The van der Waals surface area contributed by atoms with E-state index in [1.54, 1.807) is 0 Å². The van der Waals surface area contributed by atoms with Gasteiger partial charge in [-0.25, -0.2) is 4.68 Å². The van der Waals surface area contributed by atoms with Gasteiger partial charge in [-0.1, -0.05) is 35.5 Å². The van der Waals surface area contributed by atoms with Gasteiger partial charge in [-0.2, -0.15) is 12.6 Å². The van der Waals surface area contributed by atoms with Crippen molar-refractivity contribution in [1.29, 1.82) is 0 Å². The molecule has 0 saturated carbocycles. The molecule has 1 aromatic carbocycles. The average Bonchev–Trinajstić information content (AvgIpc) is 2.99. The van der Waals surface area contributed by atoms with Gasteiger partial charge in [0.2, 0.25) is 0 Å². The summed E-state index contributed by atoms with van der Waals surface area (Å²) in [6.07, 6.45) is 1.09. The van der Waals surface area contributed by atoms with Crippen LogP contribution in [0.3, 0.4) is 0 Å². The molecule has 1 aliphatic rings. The molecule has 19 heavy (non-hydrogen) atoms. The fourth-order valence-electron chi connectivity index (χ4n) is 2.54. The van der Waals surface area contributed by atoms with Gasteiger partial charge in [-0.15, -0.1) is 5.10 Å². The summed E-state index contributed by atoms with van der Waals surface area (Å²) in [6, 6.07) is 10.7. The first kappa shape index (κ1) is 12.7. The first-order chi connectivity index (χ1) is 9.24. The molecular formula is C14H18N4S. The molecule has 1 saturated heterocycles. The first-order valence-corrected chi connectivity index (χ1v) is 7.12. The van der Waals surface area contributed by atoms with Crippen molar-refractivity contribution < 1.29 is 0 Å². The Morgan fingerprint density at radius 1 is 1.37 bits per heavy atom. The van der Waals surface area contributed by atoms with Crippen LogP contribution in [0.1, 0.15) is 12.1 Å². The quantitative estimate of drug-likeness (QED) is 0.840. The van der Waals surface area contributed by atoms with Crippen LogP contribution in [0.5, 0.6) is 0 Å². The van der Waals surface area contributed by atoms with Gasteiger partial charge in [0.25, 0.3) is 0 Å². The van der Waals surface area contributed by atoms with Gasteiger partial charge in [0.1, 0.15) is 5.69 Å². The van der Waals surface area contributed by atoms with Crippen molar-refractivity contribution in [2.24, 2.45) is 0 Å². The number of nitrogens with zero attached hydrogens (tertiary/aromatic N) is 3. The minimum absolute atomic E-state index is 0.450. The minimum Gasteiger partial charge on any atom is -0.311 e. The van der Waals surface area contributed by atoms with Gasteiger partial charge in [-0.05, 0) is 13.3 Å². The fourth-order valence-corrected chi connectivity index (χ4v) is 2.90. The SMILES string of the molecule is Cc1c(-c2ccccc2)nnn1C[C@@H]1C[C@@H](S)CN1. The number of hydrogen-bond acceptors (Lipinski definition) is 4. The predicted octanol–water partition coefficient (Wildman–Crippen LogP) is 1.91. The molecule has 0 amide bonds. The number of benzene rings is 1. The lowest BCUT2D eigenvalue weighted by Crippen LogP contribution is -2.27. The van der Waals surface area contributed by atoms with E-state index in [2.05, 4.69) is 47.3 Å². The molecule has 2 aromatic rings. The van der Waals surface area contributed by atoms with Crippen LogP contribution in [0, 0.1) is 6.92 Å². The van der Waals surface area contributed by atoms with Crippen LogP contribution in [-0.4, -0.2) is 32.8 Å². The Morgan fingerprint density at radius 3 is 2.84 bits per heavy atom. The van der Waals surface area contributed by atoms with Crippen LogP contribution in [0.2, 0.25) is 0 Å². The summed E-state index contributed by atoms with van der Waals surface area (Å²) in [7, 11) is 0. The van der Waals surface area contributed by atoms with E-state index in [1.807, 2.05) is 22.9 Å². The van der Waals surface area contributed by atoms with Crippen molar-refractivity contribution in [2.45, 2.75) is 31.2 Å². The maximum atomic E-state index is 4.50. The highest BCUT2D eigenvalue weighted by molar-refractivity contribution is 7.81. The number of aromatic nitrogens is 3. The lowest BCUT2D eigenvalue weighted by Gasteiger charge is -2.11. The van der Waals surface area contributed by atoms with Crippen LogP contribution in [0.15, 0.2) is 30.3 Å². The molecule has 100 valence electrons. The van der Waals surface area contributed by atoms with E-state index < -0.39 is 0 Å². The Balaban J connectivity index is 1.79. The Bertz CT molecular complexity index is 552. The molecule has 5 heteroatoms. The van der Waals surface area contributed by atoms with Gasteiger partial charge in [-0.3, -0.25) is 0 Å². The molecule has 2 atom stereocenters. The lowest BCUT2D eigenvalue weighted by molar-refractivity contribution is 0.460. The summed E-state index contributed by atoms with van der Waals surface area (Å²) >= 11 is 4.50. The molecule has 1 aromatic heterocycles. The Kier molecular flexibility index (Phi) is 3.57. The zero-order chi connectivity index (χ0) is 13.2. The van der Waals surface area contributed by atoms with Gasteiger partial charge >= 0.3 is 0 Å². The van der Waals surface area contributed by atoms with Crippen LogP contribution >= 0.6 is 12.6 Å². The summed E-state index contributed by atoms with van der Waals surface area (Å²) in [6.45, 7) is 3.92. The molecule has 0 unspecified atom stereocenters. The Labute approximate surface area is 118 Å². The molecule has 1 N–H and O–H groups in total. The molecule has 3 rings (SSSR count). The van der Waals surface area contributed by atoms with E-state index in [-0.39, 0.29) is 0 Å². The van der Waals surface area contributed by atoms with Crippen LogP contribution < -0.4 is 5.32 Å². The van der Waals surface area contributed by atoms with Crippen LogP contribution in [0.25, 0.3) is 11.3 Å². The third-order valence-electron chi connectivity index (χ3n) is 3.62. The summed E-state index contributed by atoms with van der Waals surface area (Å²) in [5.41, 5.74) is 3.22. The zero-order valence-corrected chi connectivity index (χ0v) is 11.8. The van der Waals surface area contributed by atoms with E-state index in [1.165, 1.54) is 0 Å². The Hall–Kier alpha value is -1.33. The smallest absolute Gasteiger partial charge is 0.115 e. The maximum Gasteiger partial charge on any atom is 0.115 e. The number of thiol groups is 1. The average molecular weight is 274 g/mol. The van der Waals surface area contributed by atoms with Crippen molar-refractivity contribution >= 4 is 12.6 Å². The van der Waals surface area contributed by atoms with Gasteiger partial charge < -0.3 is 5.32 Å². The fraction of sp³-hybridized carbons (Fsp3) is 0.429. The molecule has 0 spiro atoms. The van der Waals surface area contributed by atoms with E-state index in [0.717, 1.165) is 36.5 Å². The van der Waals surface area contributed by atoms with E-state index in [9.17, 15) is 0 Å². The van der Waals surface area contributed by atoms with Crippen molar-refractivity contribution in [1.82, 2.24) is 20.3 Å². The molecule has 4 nitrogen and oxygen atoms in total. The molecule has 0 radical (unpaired) electrons. The summed E-state index contributed by atoms with van der Waals surface area (Å²) in [5, 5.41) is 12.5. The molecule has 0 aliphatic carbocycles. The maximum absolute atomic E-state index is 4.50. The molecule has 1 aliphatic heterocycles. The number of nitrogens with one attached hydrogen (secondary N) is 1. The third kappa shape index (κ3) is 2.67. The van der Waals surface area contributed by atoms with Gasteiger partial charge in [0.15, 0.2) is 0 Å². The van der Waals surface area contributed by atoms with E-state index in [0.29, 0.717) is 11.3 Å². The van der Waals surface area contributed by atoms with Gasteiger partial charge in [0.05, 0.1) is 12.2 Å². The molecule has 0 bridgehead atoms. The molecular weight excluding hydrogens is 256 g/mol. The Morgan fingerprint density at radius 2 is 2.16 bits per heavy atom. The predicted molar refractivity (Wildman–Crippen MR) is 79.4 cm³/mol. The third-order valence-corrected chi connectivity index (χ3v) is 4.02. The van der Waals surface area contributed by atoms with E-state index in [4.69, 9.17) is 0 Å². The van der Waals surface area contributed by atoms with Crippen LogP contribution in [-0.2, 0) is 6.54 Å². The monoisotopic (exact) mass is 274 g/mol. The van der Waals surface area contributed by atoms with Crippen molar-refractivity contribution in [2.75, 3.05) is 6.54 Å². The second-order valence-electron chi connectivity index (χ2n) is 5.07. The summed E-state index contributed by atoms with van der Waals surface area (Å²) in [5.74, 6) is 0. The second kappa shape index (κ2) is 5.35. The van der Waals surface area contributed by atoms with Crippen molar-refractivity contribution in [3.8, 4) is 11.3 Å². The summed E-state index contributed by atoms with van der Waals surface area (Å²) in [4.78, 5) is 0. The summed E-state index contributed by atoms with van der Waals surface area (Å²) < 4.78 is 1.99.